The molecular formula is C19H26BrN5O4S. The van der Waals surface area contributed by atoms with Crippen molar-refractivity contribution in [1.29, 1.82) is 0 Å². The summed E-state index contributed by atoms with van der Waals surface area (Å²) in [5.74, 6) is 1.07. The zero-order valence-corrected chi connectivity index (χ0v) is 20.1. The molecule has 3 heterocycles. The maximum atomic E-state index is 12.5. The predicted octanol–water partition coefficient (Wildman–Crippen LogP) is 2.94. The molecule has 0 bridgehead atoms. The standard InChI is InChI=1S/C19H26BrN5O4S/c1-19(2,3)29-18(27)24-6-7-25(11(9-24)10-26)15-13-12(20)8-21-16(28-4)14(13)22-17(23-15)30-5/h8,11,26H,6-7,9-10H2,1-5H3/t11-/m0/s1. The van der Waals surface area contributed by atoms with E-state index in [1.165, 1.54) is 11.8 Å². The van der Waals surface area contributed by atoms with Crippen molar-refractivity contribution >= 4 is 50.5 Å². The number of pyridine rings is 1. The number of anilines is 1. The number of aliphatic hydroxyl groups is 1. The lowest BCUT2D eigenvalue weighted by Crippen LogP contribution is -2.57. The van der Waals surface area contributed by atoms with Crippen LogP contribution < -0.4 is 9.64 Å². The highest BCUT2D eigenvalue weighted by Crippen LogP contribution is 2.37. The average molecular weight is 500 g/mol. The van der Waals surface area contributed by atoms with Crippen LogP contribution >= 0.6 is 27.7 Å². The molecule has 1 amide bonds. The van der Waals surface area contributed by atoms with Gasteiger partial charge < -0.3 is 24.4 Å². The zero-order chi connectivity index (χ0) is 22.1. The normalized spacial score (nSPS) is 17.4. The Balaban J connectivity index is 2.00. The summed E-state index contributed by atoms with van der Waals surface area (Å²) in [5.41, 5.74) is 0.0143. The molecule has 1 saturated heterocycles. The Morgan fingerprint density at radius 1 is 1.37 bits per heavy atom. The first-order valence-corrected chi connectivity index (χ1v) is 11.5. The molecule has 0 radical (unpaired) electrons. The molecule has 1 aliphatic heterocycles. The first kappa shape index (κ1) is 22.8. The third-order valence-corrected chi connectivity index (χ3v) is 5.75. The highest BCUT2D eigenvalue weighted by atomic mass is 79.9. The van der Waals surface area contributed by atoms with Gasteiger partial charge in [-0.2, -0.15) is 0 Å². The van der Waals surface area contributed by atoms with Gasteiger partial charge >= 0.3 is 6.09 Å². The Morgan fingerprint density at radius 2 is 2.10 bits per heavy atom. The van der Waals surface area contributed by atoms with Gasteiger partial charge in [0.2, 0.25) is 5.88 Å². The van der Waals surface area contributed by atoms with Crippen LogP contribution in [0.2, 0.25) is 0 Å². The molecule has 0 saturated carbocycles. The Morgan fingerprint density at radius 3 is 2.70 bits per heavy atom. The molecule has 3 rings (SSSR count). The fourth-order valence-corrected chi connectivity index (χ4v) is 4.10. The van der Waals surface area contributed by atoms with Crippen LogP contribution in [0.4, 0.5) is 10.6 Å². The summed E-state index contributed by atoms with van der Waals surface area (Å²) in [6.07, 6.45) is 3.16. The van der Waals surface area contributed by atoms with Gasteiger partial charge in [0.15, 0.2) is 5.16 Å². The first-order chi connectivity index (χ1) is 14.2. The van der Waals surface area contributed by atoms with E-state index in [0.717, 1.165) is 9.86 Å². The summed E-state index contributed by atoms with van der Waals surface area (Å²) in [5, 5.41) is 11.4. The van der Waals surface area contributed by atoms with Crippen molar-refractivity contribution in [2.24, 2.45) is 0 Å². The Labute approximate surface area is 188 Å². The van der Waals surface area contributed by atoms with Gasteiger partial charge in [-0.15, -0.1) is 0 Å². The van der Waals surface area contributed by atoms with Gasteiger partial charge in [-0.25, -0.2) is 19.7 Å². The number of ether oxygens (including phenoxy) is 2. The van der Waals surface area contributed by atoms with E-state index in [0.29, 0.717) is 42.0 Å². The summed E-state index contributed by atoms with van der Waals surface area (Å²) in [6, 6.07) is -0.342. The molecule has 2 aromatic heterocycles. The SMILES string of the molecule is COc1ncc(Br)c2c(N3CCN(C(=O)OC(C)(C)C)C[C@H]3CO)nc(SC)nc12. The number of aromatic nitrogens is 3. The molecule has 0 aliphatic carbocycles. The van der Waals surface area contributed by atoms with Crippen molar-refractivity contribution in [2.75, 3.05) is 44.5 Å². The molecule has 2 aromatic rings. The third-order valence-electron chi connectivity index (χ3n) is 4.60. The molecule has 1 fully saturated rings. The van der Waals surface area contributed by atoms with Crippen LogP contribution in [0.3, 0.4) is 0 Å². The van der Waals surface area contributed by atoms with Crippen LogP contribution in [0.5, 0.6) is 5.88 Å². The molecule has 1 atom stereocenters. The fraction of sp³-hybridized carbons (Fsp3) is 0.579. The first-order valence-electron chi connectivity index (χ1n) is 9.48. The summed E-state index contributed by atoms with van der Waals surface area (Å²) in [6.45, 7) is 6.62. The highest BCUT2D eigenvalue weighted by Gasteiger charge is 2.34. The van der Waals surface area contributed by atoms with E-state index >= 15 is 0 Å². The summed E-state index contributed by atoms with van der Waals surface area (Å²) >= 11 is 4.97. The van der Waals surface area contributed by atoms with Gasteiger partial charge in [-0.05, 0) is 43.0 Å². The largest absolute Gasteiger partial charge is 0.479 e. The lowest BCUT2D eigenvalue weighted by Gasteiger charge is -2.41. The number of methoxy groups -OCH3 is 1. The number of amides is 1. The van der Waals surface area contributed by atoms with E-state index in [1.54, 1.807) is 18.2 Å². The Bertz CT molecular complexity index is 939. The van der Waals surface area contributed by atoms with Gasteiger partial charge in [0.05, 0.1) is 25.1 Å². The van der Waals surface area contributed by atoms with Gasteiger partial charge in [0.25, 0.3) is 0 Å². The van der Waals surface area contributed by atoms with E-state index in [2.05, 4.69) is 25.9 Å². The quantitative estimate of drug-likeness (QED) is 0.502. The molecule has 164 valence electrons. The lowest BCUT2D eigenvalue weighted by atomic mass is 10.1. The maximum absolute atomic E-state index is 12.5. The Hall–Kier alpha value is -1.85. The van der Waals surface area contributed by atoms with Gasteiger partial charge in [-0.1, -0.05) is 11.8 Å². The van der Waals surface area contributed by atoms with Crippen LogP contribution in [0.1, 0.15) is 20.8 Å². The third kappa shape index (κ3) is 4.73. The fourth-order valence-electron chi connectivity index (χ4n) is 3.28. The second kappa shape index (κ2) is 9.11. The Kier molecular flexibility index (Phi) is 6.93. The van der Waals surface area contributed by atoms with Crippen LogP contribution in [0.25, 0.3) is 10.9 Å². The van der Waals surface area contributed by atoms with Gasteiger partial charge in [-0.3, -0.25) is 0 Å². The minimum Gasteiger partial charge on any atom is -0.479 e. The van der Waals surface area contributed by atoms with Crippen LogP contribution in [-0.2, 0) is 4.74 Å². The van der Waals surface area contributed by atoms with E-state index < -0.39 is 5.60 Å². The van der Waals surface area contributed by atoms with E-state index in [4.69, 9.17) is 14.5 Å². The number of carbonyl (C=O) groups excluding carboxylic acids is 1. The van der Waals surface area contributed by atoms with Crippen LogP contribution in [0.15, 0.2) is 15.8 Å². The number of hydrogen-bond acceptors (Lipinski definition) is 9. The molecule has 30 heavy (non-hydrogen) atoms. The smallest absolute Gasteiger partial charge is 0.410 e. The topological polar surface area (TPSA) is 101 Å². The van der Waals surface area contributed by atoms with E-state index in [-0.39, 0.29) is 18.7 Å². The van der Waals surface area contributed by atoms with Gasteiger partial charge in [0.1, 0.15) is 16.9 Å². The number of aliphatic hydroxyl groups excluding tert-OH is 1. The number of piperazine rings is 1. The number of rotatable bonds is 4. The van der Waals surface area contributed by atoms with E-state index in [1.807, 2.05) is 31.9 Å². The highest BCUT2D eigenvalue weighted by molar-refractivity contribution is 9.10. The van der Waals surface area contributed by atoms with Crippen molar-refractivity contribution < 1.29 is 19.4 Å². The van der Waals surface area contributed by atoms with Crippen molar-refractivity contribution in [2.45, 2.75) is 37.6 Å². The van der Waals surface area contributed by atoms with Crippen molar-refractivity contribution in [3.05, 3.63) is 10.7 Å². The molecule has 9 nitrogen and oxygen atoms in total. The molecule has 0 aromatic carbocycles. The molecule has 1 N–H and O–H groups in total. The molecule has 11 heteroatoms. The lowest BCUT2D eigenvalue weighted by molar-refractivity contribution is 0.0197. The molecule has 1 aliphatic rings. The van der Waals surface area contributed by atoms with Crippen LogP contribution in [0, 0.1) is 0 Å². The minimum absolute atomic E-state index is 0.140. The predicted molar refractivity (Wildman–Crippen MR) is 119 cm³/mol. The van der Waals surface area contributed by atoms with Crippen molar-refractivity contribution in [1.82, 2.24) is 19.9 Å². The summed E-state index contributed by atoms with van der Waals surface area (Å²) < 4.78 is 11.6. The van der Waals surface area contributed by atoms with Crippen molar-refractivity contribution in [3.8, 4) is 5.88 Å². The second-order valence-electron chi connectivity index (χ2n) is 7.83. The maximum Gasteiger partial charge on any atom is 0.410 e. The van der Waals surface area contributed by atoms with E-state index in [9.17, 15) is 9.90 Å². The molecule has 0 spiro atoms. The summed E-state index contributed by atoms with van der Waals surface area (Å²) in [7, 11) is 1.55. The van der Waals surface area contributed by atoms with Crippen molar-refractivity contribution in [3.63, 3.8) is 0 Å². The summed E-state index contributed by atoms with van der Waals surface area (Å²) in [4.78, 5) is 29.7. The van der Waals surface area contributed by atoms with Gasteiger partial charge in [0, 0.05) is 30.3 Å². The zero-order valence-electron chi connectivity index (χ0n) is 17.7. The minimum atomic E-state index is -0.576. The monoisotopic (exact) mass is 499 g/mol. The average Bonchev–Trinajstić information content (AvgIpc) is 2.71. The number of fused-ring (bicyclic) bond motifs is 1. The van der Waals surface area contributed by atoms with Crippen LogP contribution in [-0.4, -0.2) is 82.3 Å². The number of carbonyl (C=O) groups is 1. The number of nitrogens with zero attached hydrogens (tertiary/aromatic N) is 5. The second-order valence-corrected chi connectivity index (χ2v) is 9.46. The number of hydrogen-bond donors (Lipinski definition) is 1. The molecular weight excluding hydrogens is 474 g/mol. The number of thioether (sulfide) groups is 1. The molecule has 0 unspecified atom stereocenters. The number of halogens is 1.